The number of carboxylic acid groups (broad SMARTS) is 1. The number of hydrogen-bond donors (Lipinski definition) is 2. The van der Waals surface area contributed by atoms with Crippen LogP contribution >= 0.6 is 0 Å². The molecule has 2 N–H and O–H groups in total. The van der Waals surface area contributed by atoms with Crippen molar-refractivity contribution < 1.29 is 28.6 Å². The van der Waals surface area contributed by atoms with E-state index in [1.165, 1.54) is 7.11 Å². The van der Waals surface area contributed by atoms with Gasteiger partial charge in [0.05, 0.1) is 19.0 Å². The Bertz CT molecular complexity index is 694. The van der Waals surface area contributed by atoms with E-state index in [0.717, 1.165) is 24.4 Å². The number of pyridine rings is 1. The Morgan fingerprint density at radius 2 is 2.00 bits per heavy atom. The smallest absolute Gasteiger partial charge is 0.436 e. The zero-order valence-corrected chi connectivity index (χ0v) is 10.7. The van der Waals surface area contributed by atoms with Gasteiger partial charge in [0, 0.05) is 17.2 Å². The molecule has 0 saturated heterocycles. The lowest BCUT2D eigenvalue weighted by atomic mass is 10.1. The maximum absolute atomic E-state index is 13.8. The van der Waals surface area contributed by atoms with Gasteiger partial charge in [0.1, 0.15) is 11.6 Å². The van der Waals surface area contributed by atoms with E-state index in [1.54, 1.807) is 0 Å². The zero-order valence-electron chi connectivity index (χ0n) is 10.7. The fourth-order valence-corrected chi connectivity index (χ4v) is 1.73. The van der Waals surface area contributed by atoms with Crippen LogP contribution in [-0.4, -0.2) is 28.5 Å². The summed E-state index contributed by atoms with van der Waals surface area (Å²) in [5, 5.41) is 18.0. The molecule has 0 fully saturated rings. The molecule has 1 aromatic carbocycles. The predicted molar refractivity (Wildman–Crippen MR) is 68.4 cm³/mol. The molecule has 110 valence electrons. The van der Waals surface area contributed by atoms with Crippen molar-refractivity contribution in [2.24, 2.45) is 0 Å². The lowest BCUT2D eigenvalue weighted by Crippen LogP contribution is -2.24. The number of hydroxylamine groups is 1. The van der Waals surface area contributed by atoms with Crippen molar-refractivity contribution in [1.82, 2.24) is 4.98 Å². The molecule has 0 spiro atoms. The Hall–Kier alpha value is -2.74. The number of nitrogens with zero attached hydrogens (tertiary/aromatic N) is 2. The number of carbonyl (C=O) groups is 1. The van der Waals surface area contributed by atoms with E-state index in [0.29, 0.717) is 6.07 Å². The second-order valence-electron chi connectivity index (χ2n) is 3.97. The largest absolute Gasteiger partial charge is 0.481 e. The number of amides is 1. The molecule has 2 aromatic rings. The summed E-state index contributed by atoms with van der Waals surface area (Å²) in [7, 11) is 1.29. The van der Waals surface area contributed by atoms with E-state index >= 15 is 0 Å². The van der Waals surface area contributed by atoms with Crippen LogP contribution in [0.1, 0.15) is 0 Å². The van der Waals surface area contributed by atoms with Gasteiger partial charge in [-0.1, -0.05) is 0 Å². The first-order valence-electron chi connectivity index (χ1n) is 5.65. The minimum atomic E-state index is -1.63. The van der Waals surface area contributed by atoms with E-state index in [9.17, 15) is 18.8 Å². The van der Waals surface area contributed by atoms with Crippen LogP contribution in [0.25, 0.3) is 11.1 Å². The van der Waals surface area contributed by atoms with Gasteiger partial charge in [0.15, 0.2) is 0 Å². The molecule has 0 radical (unpaired) electrons. The maximum atomic E-state index is 13.8. The Morgan fingerprint density at radius 1 is 1.29 bits per heavy atom. The number of benzene rings is 1. The molecule has 0 aliphatic rings. The van der Waals surface area contributed by atoms with Crippen molar-refractivity contribution in [3.8, 4) is 17.0 Å². The van der Waals surface area contributed by atoms with E-state index in [4.69, 9.17) is 9.84 Å². The van der Waals surface area contributed by atoms with E-state index in [-0.39, 0.29) is 27.8 Å². The van der Waals surface area contributed by atoms with Crippen LogP contribution in [0.15, 0.2) is 30.5 Å². The van der Waals surface area contributed by atoms with E-state index in [2.05, 4.69) is 4.98 Å². The van der Waals surface area contributed by atoms with Gasteiger partial charge in [0.2, 0.25) is 5.88 Å². The normalized spacial score (nSPS) is 10.3. The third-order valence-electron chi connectivity index (χ3n) is 2.68. The summed E-state index contributed by atoms with van der Waals surface area (Å²) < 4.78 is 31.7. The highest BCUT2D eigenvalue weighted by atomic mass is 19.1. The SMILES string of the molecule is COc1ncc(N(O)C(=O)O)cc1-c1ccc(F)cc1F. The molecule has 1 amide bonds. The van der Waals surface area contributed by atoms with Crippen LogP contribution < -0.4 is 9.80 Å². The number of methoxy groups -OCH3 is 1. The summed E-state index contributed by atoms with van der Waals surface area (Å²) in [6.45, 7) is 0. The first kappa shape index (κ1) is 14.7. The van der Waals surface area contributed by atoms with Crippen LogP contribution in [0.4, 0.5) is 19.3 Å². The average Bonchev–Trinajstić information content (AvgIpc) is 2.45. The number of anilines is 1. The molecule has 0 saturated carbocycles. The number of hydrogen-bond acceptors (Lipinski definition) is 4. The highest BCUT2D eigenvalue weighted by Gasteiger charge is 2.18. The monoisotopic (exact) mass is 296 g/mol. The number of halogens is 2. The van der Waals surface area contributed by atoms with Crippen molar-refractivity contribution in [3.05, 3.63) is 42.1 Å². The molecule has 21 heavy (non-hydrogen) atoms. The molecule has 0 atom stereocenters. The minimum absolute atomic E-state index is 0.00282. The first-order valence-corrected chi connectivity index (χ1v) is 5.65. The van der Waals surface area contributed by atoms with Crippen LogP contribution in [-0.2, 0) is 0 Å². The average molecular weight is 296 g/mol. The van der Waals surface area contributed by atoms with Gasteiger partial charge in [-0.2, -0.15) is 5.06 Å². The third-order valence-corrected chi connectivity index (χ3v) is 2.68. The highest BCUT2D eigenvalue weighted by molar-refractivity contribution is 5.85. The van der Waals surface area contributed by atoms with Crippen molar-refractivity contribution in [2.75, 3.05) is 12.2 Å². The molecule has 8 heteroatoms. The molecule has 0 unspecified atom stereocenters. The third kappa shape index (κ3) is 2.90. The highest BCUT2D eigenvalue weighted by Crippen LogP contribution is 2.33. The number of rotatable bonds is 3. The fraction of sp³-hybridized carbons (Fsp3) is 0.0769. The van der Waals surface area contributed by atoms with Gasteiger partial charge in [-0.15, -0.1) is 0 Å². The molecule has 1 aromatic heterocycles. The Morgan fingerprint density at radius 3 is 2.57 bits per heavy atom. The molecule has 1 heterocycles. The van der Waals surface area contributed by atoms with Crippen LogP contribution in [0.2, 0.25) is 0 Å². The Kier molecular flexibility index (Phi) is 3.99. The van der Waals surface area contributed by atoms with Crippen LogP contribution in [0, 0.1) is 11.6 Å². The van der Waals surface area contributed by atoms with Gasteiger partial charge in [-0.25, -0.2) is 18.6 Å². The van der Waals surface area contributed by atoms with Crippen molar-refractivity contribution in [2.45, 2.75) is 0 Å². The van der Waals surface area contributed by atoms with Crippen molar-refractivity contribution >= 4 is 11.8 Å². The molecular weight excluding hydrogens is 286 g/mol. The molecule has 0 aliphatic heterocycles. The van der Waals surface area contributed by atoms with Crippen molar-refractivity contribution in [1.29, 1.82) is 0 Å². The quantitative estimate of drug-likeness (QED) is 0.672. The lowest BCUT2D eigenvalue weighted by molar-refractivity contribution is 0.160. The van der Waals surface area contributed by atoms with E-state index < -0.39 is 17.7 Å². The summed E-state index contributed by atoms with van der Waals surface area (Å²) >= 11 is 0. The van der Waals surface area contributed by atoms with Gasteiger partial charge in [0.25, 0.3) is 0 Å². The van der Waals surface area contributed by atoms with Gasteiger partial charge in [-0.05, 0) is 18.2 Å². The first-order chi connectivity index (χ1) is 9.93. The zero-order chi connectivity index (χ0) is 15.6. The summed E-state index contributed by atoms with van der Waals surface area (Å²) in [4.78, 5) is 14.5. The number of ether oxygens (including phenoxy) is 1. The lowest BCUT2D eigenvalue weighted by Gasteiger charge is -2.14. The van der Waals surface area contributed by atoms with Gasteiger partial charge < -0.3 is 9.84 Å². The van der Waals surface area contributed by atoms with Gasteiger partial charge in [-0.3, -0.25) is 5.21 Å². The maximum Gasteiger partial charge on any atom is 0.436 e. The molecule has 0 bridgehead atoms. The minimum Gasteiger partial charge on any atom is -0.481 e. The summed E-state index contributed by atoms with van der Waals surface area (Å²) in [6.07, 6.45) is -0.592. The fourth-order valence-electron chi connectivity index (χ4n) is 1.73. The standard InChI is InChI=1S/C13H10F2N2O4/c1-21-12-10(9-3-2-7(14)4-11(9)15)5-8(6-16-12)17(20)13(18)19/h2-6,20H,1H3,(H,18,19). The topological polar surface area (TPSA) is 82.9 Å². The summed E-state index contributed by atoms with van der Waals surface area (Å²) in [5.74, 6) is -1.62. The Labute approximate surface area is 117 Å². The van der Waals surface area contributed by atoms with Crippen molar-refractivity contribution in [3.63, 3.8) is 0 Å². The Balaban J connectivity index is 2.60. The predicted octanol–water partition coefficient (Wildman–Crippen LogP) is 2.91. The molecule has 0 aliphatic carbocycles. The number of aromatic nitrogens is 1. The summed E-state index contributed by atoms with van der Waals surface area (Å²) in [6, 6.07) is 4.04. The van der Waals surface area contributed by atoms with Gasteiger partial charge >= 0.3 is 6.09 Å². The summed E-state index contributed by atoms with van der Waals surface area (Å²) in [5.41, 5.74) is -0.170. The van der Waals surface area contributed by atoms with Crippen LogP contribution in [0.3, 0.4) is 0 Å². The second-order valence-corrected chi connectivity index (χ2v) is 3.97. The molecule has 2 rings (SSSR count). The molecular formula is C13H10F2N2O4. The van der Waals surface area contributed by atoms with E-state index in [1.807, 2.05) is 0 Å². The second kappa shape index (κ2) is 5.71. The molecule has 6 nitrogen and oxygen atoms in total. The van der Waals surface area contributed by atoms with Crippen LogP contribution in [0.5, 0.6) is 5.88 Å².